The summed E-state index contributed by atoms with van der Waals surface area (Å²) in [7, 11) is 0. The van der Waals surface area contributed by atoms with Crippen LogP contribution in [0.25, 0.3) is 11.0 Å². The predicted molar refractivity (Wildman–Crippen MR) is 92.1 cm³/mol. The Hall–Kier alpha value is -1.88. The van der Waals surface area contributed by atoms with Crippen molar-refractivity contribution in [2.24, 2.45) is 0 Å². The van der Waals surface area contributed by atoms with Crippen LogP contribution in [-0.4, -0.2) is 38.6 Å². The fraction of sp³-hybridized carbons (Fsp3) is 0.556. The molecular weight excluding hydrogens is 290 g/mol. The number of fused-ring (bicyclic) bond motifs is 1. The highest BCUT2D eigenvalue weighted by molar-refractivity contribution is 5.81. The molecule has 0 bridgehead atoms. The van der Waals surface area contributed by atoms with E-state index < -0.39 is 5.60 Å². The summed E-state index contributed by atoms with van der Waals surface area (Å²) in [5.41, 5.74) is 0.584. The molecule has 23 heavy (non-hydrogen) atoms. The first-order valence-electron chi connectivity index (χ1n) is 8.34. The van der Waals surface area contributed by atoms with Crippen LogP contribution < -0.4 is 0 Å². The van der Waals surface area contributed by atoms with Crippen LogP contribution in [0, 0.1) is 0 Å². The van der Waals surface area contributed by atoms with E-state index in [2.05, 4.69) is 18.8 Å². The maximum absolute atomic E-state index is 12.7. The predicted octanol–water partition coefficient (Wildman–Crippen LogP) is 2.91. The van der Waals surface area contributed by atoms with Crippen molar-refractivity contribution in [3.63, 3.8) is 0 Å². The van der Waals surface area contributed by atoms with Crippen LogP contribution in [0.4, 0.5) is 0 Å². The summed E-state index contributed by atoms with van der Waals surface area (Å²) in [5.74, 6) is 0.599. The minimum absolute atomic E-state index is 0.0716. The van der Waals surface area contributed by atoms with Gasteiger partial charge in [0.2, 0.25) is 5.91 Å². The summed E-state index contributed by atoms with van der Waals surface area (Å²) in [4.78, 5) is 19.1. The van der Waals surface area contributed by atoms with Crippen molar-refractivity contribution in [2.45, 2.75) is 52.7 Å². The van der Waals surface area contributed by atoms with Crippen molar-refractivity contribution in [1.29, 1.82) is 0 Å². The van der Waals surface area contributed by atoms with E-state index in [0.717, 1.165) is 37.0 Å². The second-order valence-corrected chi connectivity index (χ2v) is 6.45. The quantitative estimate of drug-likeness (QED) is 0.854. The number of hydrogen-bond donors (Lipinski definition) is 1. The molecule has 0 unspecified atom stereocenters. The van der Waals surface area contributed by atoms with E-state index in [1.165, 1.54) is 0 Å². The third kappa shape index (κ3) is 3.91. The van der Waals surface area contributed by atoms with Gasteiger partial charge >= 0.3 is 0 Å². The molecule has 1 N–H and O–H groups in total. The number of para-hydroxylation sites is 2. The Morgan fingerprint density at radius 1 is 1.22 bits per heavy atom. The smallest absolute Gasteiger partial charge is 0.242 e. The number of amides is 1. The highest BCUT2D eigenvalue weighted by atomic mass is 16.3. The zero-order valence-electron chi connectivity index (χ0n) is 14.5. The first kappa shape index (κ1) is 17.5. The van der Waals surface area contributed by atoms with Gasteiger partial charge in [0.1, 0.15) is 18.0 Å². The molecule has 1 amide bonds. The molecule has 1 heterocycles. The molecule has 5 nitrogen and oxygen atoms in total. The number of aliphatic hydroxyl groups is 1. The zero-order valence-corrected chi connectivity index (χ0v) is 14.5. The third-order valence-electron chi connectivity index (χ3n) is 3.83. The van der Waals surface area contributed by atoms with Crippen LogP contribution in [0.3, 0.4) is 0 Å². The summed E-state index contributed by atoms with van der Waals surface area (Å²) in [6.45, 7) is 9.28. The lowest BCUT2D eigenvalue weighted by molar-refractivity contribution is -0.132. The van der Waals surface area contributed by atoms with Gasteiger partial charge < -0.3 is 14.6 Å². The van der Waals surface area contributed by atoms with Gasteiger partial charge in [-0.15, -0.1) is 0 Å². The Bertz CT molecular complexity index is 664. The fourth-order valence-corrected chi connectivity index (χ4v) is 2.84. The van der Waals surface area contributed by atoms with Gasteiger partial charge in [-0.25, -0.2) is 4.98 Å². The van der Waals surface area contributed by atoms with E-state index in [1.54, 1.807) is 13.8 Å². The normalized spacial score (nSPS) is 11.9. The Kier molecular flexibility index (Phi) is 5.42. The molecule has 0 fully saturated rings. The van der Waals surface area contributed by atoms with Crippen molar-refractivity contribution in [2.75, 3.05) is 13.1 Å². The van der Waals surface area contributed by atoms with E-state index in [0.29, 0.717) is 5.82 Å². The molecule has 0 aliphatic heterocycles. The lowest BCUT2D eigenvalue weighted by atomic mass is 10.1. The SMILES string of the molecule is CCCN(CCC)C(=O)Cn1c(C(C)(C)O)nc2ccccc21. The van der Waals surface area contributed by atoms with Crippen LogP contribution in [0.5, 0.6) is 0 Å². The highest BCUT2D eigenvalue weighted by Gasteiger charge is 2.26. The van der Waals surface area contributed by atoms with Gasteiger partial charge in [0, 0.05) is 13.1 Å². The van der Waals surface area contributed by atoms with Gasteiger partial charge in [0.15, 0.2) is 0 Å². The molecule has 0 spiro atoms. The molecule has 0 atom stereocenters. The second-order valence-electron chi connectivity index (χ2n) is 6.45. The number of imidazole rings is 1. The van der Waals surface area contributed by atoms with Crippen molar-refractivity contribution in [3.05, 3.63) is 30.1 Å². The van der Waals surface area contributed by atoms with Crippen LogP contribution in [-0.2, 0) is 16.9 Å². The number of aromatic nitrogens is 2. The molecule has 5 heteroatoms. The van der Waals surface area contributed by atoms with E-state index in [1.807, 2.05) is 33.7 Å². The Morgan fingerprint density at radius 3 is 2.39 bits per heavy atom. The first-order chi connectivity index (χ1) is 10.9. The van der Waals surface area contributed by atoms with E-state index >= 15 is 0 Å². The fourth-order valence-electron chi connectivity index (χ4n) is 2.84. The first-order valence-corrected chi connectivity index (χ1v) is 8.34. The summed E-state index contributed by atoms with van der Waals surface area (Å²) in [6, 6.07) is 7.68. The van der Waals surface area contributed by atoms with Crippen LogP contribution in [0.15, 0.2) is 24.3 Å². The highest BCUT2D eigenvalue weighted by Crippen LogP contribution is 2.24. The van der Waals surface area contributed by atoms with Gasteiger partial charge in [-0.3, -0.25) is 4.79 Å². The molecular formula is C18H27N3O2. The van der Waals surface area contributed by atoms with Crippen LogP contribution >= 0.6 is 0 Å². The topological polar surface area (TPSA) is 58.4 Å². The summed E-state index contributed by atoms with van der Waals surface area (Å²) < 4.78 is 1.84. The average Bonchev–Trinajstić information content (AvgIpc) is 2.86. The molecule has 0 aliphatic rings. The number of carbonyl (C=O) groups is 1. The van der Waals surface area contributed by atoms with Gasteiger partial charge in [0.25, 0.3) is 0 Å². The minimum atomic E-state index is -1.10. The largest absolute Gasteiger partial charge is 0.383 e. The Balaban J connectivity index is 2.39. The lowest BCUT2D eigenvalue weighted by Crippen LogP contribution is -2.36. The number of benzene rings is 1. The van der Waals surface area contributed by atoms with Gasteiger partial charge in [0.05, 0.1) is 11.0 Å². The molecule has 0 aliphatic carbocycles. The monoisotopic (exact) mass is 317 g/mol. The van der Waals surface area contributed by atoms with Gasteiger partial charge in [-0.05, 0) is 38.8 Å². The van der Waals surface area contributed by atoms with Gasteiger partial charge in [-0.1, -0.05) is 26.0 Å². The van der Waals surface area contributed by atoms with Crippen LogP contribution in [0.2, 0.25) is 0 Å². The van der Waals surface area contributed by atoms with E-state index in [-0.39, 0.29) is 12.5 Å². The van der Waals surface area contributed by atoms with Crippen molar-refractivity contribution >= 4 is 16.9 Å². The number of carbonyl (C=O) groups excluding carboxylic acids is 1. The Labute approximate surface area is 137 Å². The molecule has 1 aromatic carbocycles. The molecule has 0 radical (unpaired) electrons. The third-order valence-corrected chi connectivity index (χ3v) is 3.83. The van der Waals surface area contributed by atoms with E-state index in [4.69, 9.17) is 0 Å². The summed E-state index contributed by atoms with van der Waals surface area (Å²) >= 11 is 0. The zero-order chi connectivity index (χ0) is 17.0. The second kappa shape index (κ2) is 7.13. The van der Waals surface area contributed by atoms with Crippen molar-refractivity contribution in [3.8, 4) is 0 Å². The Morgan fingerprint density at radius 2 is 1.83 bits per heavy atom. The van der Waals surface area contributed by atoms with Gasteiger partial charge in [-0.2, -0.15) is 0 Å². The maximum atomic E-state index is 12.7. The lowest BCUT2D eigenvalue weighted by Gasteiger charge is -2.24. The molecule has 0 saturated heterocycles. The maximum Gasteiger partial charge on any atom is 0.242 e. The standard InChI is InChI=1S/C18H27N3O2/c1-5-11-20(12-6-2)16(22)13-21-15-10-8-7-9-14(15)19-17(21)18(3,4)23/h7-10,23H,5-6,11-13H2,1-4H3. The van der Waals surface area contributed by atoms with Crippen molar-refractivity contribution < 1.29 is 9.90 Å². The molecule has 0 saturated carbocycles. The molecule has 1 aromatic heterocycles. The summed E-state index contributed by atoms with van der Waals surface area (Å²) in [5, 5.41) is 10.4. The number of hydrogen-bond acceptors (Lipinski definition) is 3. The molecule has 2 aromatic rings. The summed E-state index contributed by atoms with van der Waals surface area (Å²) in [6.07, 6.45) is 1.88. The minimum Gasteiger partial charge on any atom is -0.383 e. The van der Waals surface area contributed by atoms with Crippen LogP contribution in [0.1, 0.15) is 46.4 Å². The number of nitrogens with zero attached hydrogens (tertiary/aromatic N) is 3. The number of rotatable bonds is 7. The molecule has 126 valence electrons. The molecule has 2 rings (SSSR count). The van der Waals surface area contributed by atoms with E-state index in [9.17, 15) is 9.90 Å². The van der Waals surface area contributed by atoms with Crippen molar-refractivity contribution in [1.82, 2.24) is 14.5 Å². The average molecular weight is 317 g/mol.